The average molecular weight is 856 g/mol. The van der Waals surface area contributed by atoms with Gasteiger partial charge in [0, 0.05) is 30.7 Å². The molecule has 1 saturated carbocycles. The number of methoxy groups -OCH3 is 1. The minimum absolute atomic E-state index is 0.0745. The molecule has 3 N–H and O–H groups in total. The first-order chi connectivity index (χ1) is 28.7. The fourth-order valence-corrected chi connectivity index (χ4v) is 9.24. The number of benzene rings is 2. The lowest BCUT2D eigenvalue weighted by molar-refractivity contribution is -0.758. The molecule has 16 nitrogen and oxygen atoms in total. The van der Waals surface area contributed by atoms with Crippen molar-refractivity contribution < 1.29 is 32.0 Å². The Hall–Kier alpha value is -5.73. The molecule has 0 bridgehead atoms. The number of carbonyl (C=O) groups is 2. The molecule has 0 saturated heterocycles. The Bertz CT molecular complexity index is 2460. The number of fused-ring (bicyclic) bond motifs is 1. The molecule has 1 aliphatic carbocycles. The molecule has 17 heteroatoms. The molecule has 1 aliphatic heterocycles. The van der Waals surface area contributed by atoms with Crippen molar-refractivity contribution >= 4 is 44.7 Å². The first-order valence-electron chi connectivity index (χ1n) is 20.7. The summed E-state index contributed by atoms with van der Waals surface area (Å²) in [5, 5.41) is 8.16. The van der Waals surface area contributed by atoms with Gasteiger partial charge in [-0.2, -0.15) is 14.3 Å². The number of hydrogen-bond acceptors (Lipinski definition) is 9. The van der Waals surface area contributed by atoms with Gasteiger partial charge < -0.3 is 19.7 Å². The van der Waals surface area contributed by atoms with Gasteiger partial charge in [0.15, 0.2) is 11.6 Å². The SMILES string of the molecule is [C-]#[N+]C1=C(C(=O)OC2C(C)CC(C)CC2C)c2nc(C(C)(C)C)nn2C1(N(C(=O)Nc1cc(C)ccc1OC)c1ccc(N(CC)CCNS(C)(=O)=O)cc1C)[n+]1cc[nH]c1. The molecular formula is C44H59N10O6S+. The second-order valence-electron chi connectivity index (χ2n) is 17.5. The van der Waals surface area contributed by atoms with E-state index in [4.69, 9.17) is 26.1 Å². The molecule has 0 radical (unpaired) electrons. The van der Waals surface area contributed by atoms with Crippen LogP contribution in [0.4, 0.5) is 21.9 Å². The lowest BCUT2D eigenvalue weighted by atomic mass is 9.75. The number of esters is 1. The number of urea groups is 1. The van der Waals surface area contributed by atoms with Crippen molar-refractivity contribution in [3.05, 3.63) is 95.0 Å². The van der Waals surface area contributed by atoms with Gasteiger partial charge >= 0.3 is 17.8 Å². The fraction of sp³-hybridized carbons (Fsp3) is 0.500. The Balaban J connectivity index is 1.63. The molecular weight excluding hydrogens is 797 g/mol. The lowest BCUT2D eigenvalue weighted by Gasteiger charge is -2.39. The Morgan fingerprint density at radius 2 is 1.82 bits per heavy atom. The van der Waals surface area contributed by atoms with E-state index in [1.54, 1.807) is 41.5 Å². The number of H-pyrrole nitrogens is 1. The number of nitrogens with zero attached hydrogens (tertiary/aromatic N) is 7. The molecule has 2 aliphatic rings. The molecule has 3 atom stereocenters. The highest BCUT2D eigenvalue weighted by atomic mass is 32.2. The number of carbonyl (C=O) groups excluding carboxylic acids is 2. The molecule has 2 amide bonds. The van der Waals surface area contributed by atoms with Gasteiger partial charge in [0.1, 0.15) is 29.8 Å². The summed E-state index contributed by atoms with van der Waals surface area (Å²) in [5.74, 6) is -1.20. The molecule has 4 aromatic rings. The predicted molar refractivity (Wildman–Crippen MR) is 234 cm³/mol. The van der Waals surface area contributed by atoms with E-state index in [9.17, 15) is 13.2 Å². The van der Waals surface area contributed by atoms with Gasteiger partial charge in [0.05, 0.1) is 31.3 Å². The molecule has 3 unspecified atom stereocenters. The fourth-order valence-electron chi connectivity index (χ4n) is 8.78. The van der Waals surface area contributed by atoms with E-state index in [1.165, 1.54) is 16.7 Å². The van der Waals surface area contributed by atoms with Crippen LogP contribution >= 0.6 is 0 Å². The number of aromatic amines is 1. The third-order valence-corrected chi connectivity index (χ3v) is 12.2. The maximum atomic E-state index is 15.6. The van der Waals surface area contributed by atoms with Crippen molar-refractivity contribution in [3.8, 4) is 5.75 Å². The first kappa shape index (κ1) is 44.8. The largest absolute Gasteiger partial charge is 0.495 e. The van der Waals surface area contributed by atoms with Crippen LogP contribution in [0, 0.1) is 38.2 Å². The summed E-state index contributed by atoms with van der Waals surface area (Å²) in [6.45, 7) is 28.0. The van der Waals surface area contributed by atoms with E-state index in [-0.39, 0.29) is 35.5 Å². The Morgan fingerprint density at radius 1 is 1.11 bits per heavy atom. The van der Waals surface area contributed by atoms with Crippen LogP contribution in [0.15, 0.2) is 60.8 Å². The Kier molecular flexibility index (Phi) is 12.7. The number of imidazole rings is 1. The molecule has 326 valence electrons. The van der Waals surface area contributed by atoms with E-state index in [0.29, 0.717) is 47.5 Å². The normalized spacial score (nSPS) is 21.4. The van der Waals surface area contributed by atoms with E-state index in [2.05, 4.69) is 40.6 Å². The zero-order valence-electron chi connectivity index (χ0n) is 37.0. The summed E-state index contributed by atoms with van der Waals surface area (Å²) in [6.07, 6.45) is 7.44. The highest BCUT2D eigenvalue weighted by molar-refractivity contribution is 7.88. The van der Waals surface area contributed by atoms with Crippen LogP contribution in [-0.2, 0) is 30.8 Å². The van der Waals surface area contributed by atoms with Crippen LogP contribution in [0.25, 0.3) is 10.4 Å². The van der Waals surface area contributed by atoms with E-state index >= 15 is 4.79 Å². The summed E-state index contributed by atoms with van der Waals surface area (Å²) in [5.41, 5.74) is 2.20. The van der Waals surface area contributed by atoms with Crippen molar-refractivity contribution in [2.45, 2.75) is 92.5 Å². The second-order valence-corrected chi connectivity index (χ2v) is 19.3. The highest BCUT2D eigenvalue weighted by Crippen LogP contribution is 2.47. The number of nitrogens with one attached hydrogen (secondary N) is 3. The predicted octanol–water partition coefficient (Wildman–Crippen LogP) is 6.35. The monoisotopic (exact) mass is 855 g/mol. The molecule has 0 spiro atoms. The summed E-state index contributed by atoms with van der Waals surface area (Å²) in [4.78, 5) is 46.2. The van der Waals surface area contributed by atoms with Crippen molar-refractivity contribution in [3.63, 3.8) is 0 Å². The van der Waals surface area contributed by atoms with Gasteiger partial charge in [0.25, 0.3) is 5.70 Å². The van der Waals surface area contributed by atoms with Gasteiger partial charge in [-0.15, -0.1) is 0 Å². The number of rotatable bonds is 13. The minimum Gasteiger partial charge on any atom is -0.495 e. The molecule has 2 aromatic heterocycles. The van der Waals surface area contributed by atoms with Crippen LogP contribution in [0.1, 0.15) is 84.1 Å². The Morgan fingerprint density at radius 3 is 2.39 bits per heavy atom. The van der Waals surface area contributed by atoms with Crippen LogP contribution in [0.5, 0.6) is 5.75 Å². The number of ether oxygens (including phenoxy) is 2. The number of aryl methyl sites for hydroxylation is 2. The van der Waals surface area contributed by atoms with Crippen molar-refractivity contribution in [1.82, 2.24) is 24.5 Å². The van der Waals surface area contributed by atoms with Gasteiger partial charge in [-0.05, 0) is 92.8 Å². The third-order valence-electron chi connectivity index (χ3n) is 11.5. The van der Waals surface area contributed by atoms with E-state index in [1.807, 2.05) is 64.6 Å². The molecule has 3 heterocycles. The van der Waals surface area contributed by atoms with Crippen LogP contribution < -0.4 is 29.1 Å². The summed E-state index contributed by atoms with van der Waals surface area (Å²) in [6, 6.07) is 10.3. The maximum absolute atomic E-state index is 15.6. The van der Waals surface area contributed by atoms with E-state index < -0.39 is 39.3 Å². The van der Waals surface area contributed by atoms with Crippen molar-refractivity contribution in [2.24, 2.45) is 17.8 Å². The van der Waals surface area contributed by atoms with E-state index in [0.717, 1.165) is 30.3 Å². The van der Waals surface area contributed by atoms with Crippen LogP contribution in [-0.4, -0.2) is 79.3 Å². The maximum Gasteiger partial charge on any atom is 0.331 e. The molecule has 2 aromatic carbocycles. The minimum atomic E-state index is -3.40. The van der Waals surface area contributed by atoms with Crippen LogP contribution in [0.2, 0.25) is 0 Å². The molecule has 61 heavy (non-hydrogen) atoms. The van der Waals surface area contributed by atoms with Gasteiger partial charge in [-0.3, -0.25) is 4.98 Å². The highest BCUT2D eigenvalue weighted by Gasteiger charge is 2.63. The average Bonchev–Trinajstić information content (AvgIpc) is 3.93. The quantitative estimate of drug-likeness (QED) is 0.0788. The first-order valence-corrected chi connectivity index (χ1v) is 22.6. The zero-order valence-corrected chi connectivity index (χ0v) is 37.8. The lowest BCUT2D eigenvalue weighted by Crippen LogP contribution is -2.72. The van der Waals surface area contributed by atoms with Gasteiger partial charge in [0.2, 0.25) is 16.4 Å². The summed E-state index contributed by atoms with van der Waals surface area (Å²) < 4.78 is 41.6. The van der Waals surface area contributed by atoms with Gasteiger partial charge in [-0.25, -0.2) is 37.5 Å². The van der Waals surface area contributed by atoms with Gasteiger partial charge in [-0.1, -0.05) is 47.6 Å². The molecule has 1 fully saturated rings. The van der Waals surface area contributed by atoms with Crippen molar-refractivity contribution in [2.75, 3.05) is 48.1 Å². The number of anilines is 3. The third kappa shape index (κ3) is 8.74. The molecule has 6 rings (SSSR count). The number of sulfonamides is 1. The summed E-state index contributed by atoms with van der Waals surface area (Å²) in [7, 11) is -1.88. The standard InChI is InChI=1S/C44H58N10O6S/c1-13-51(20-19-47-61(12,57)58)32-15-16-34(29(4)25-32)53(42(56)48-33-24-27(2)14-17-35(33)59-11)44(52-21-18-46-26-52)38(45-10)36(39-49-41(43(7,8)9)50-54(39)44)40(55)60-37-30(5)22-28(3)23-31(37)6/h14-18,21,24-26,28,30-31,37,47H,13,19-20,22-23H2,1-9,11-12H3,(H,48,56)/p+1. The number of aromatic nitrogens is 5. The number of hydrogen-bond donors (Lipinski definition) is 3. The number of amides is 2. The Labute approximate surface area is 359 Å². The summed E-state index contributed by atoms with van der Waals surface area (Å²) >= 11 is 0. The topological polar surface area (TPSA) is 172 Å². The van der Waals surface area contributed by atoms with Crippen molar-refractivity contribution in [1.29, 1.82) is 0 Å². The second kappa shape index (κ2) is 17.3. The van der Waals surface area contributed by atoms with Crippen LogP contribution in [0.3, 0.4) is 0 Å². The number of likely N-dealkylation sites (N-methyl/N-ethyl adjacent to an activating group) is 1. The zero-order chi connectivity index (χ0) is 44.6. The smallest absolute Gasteiger partial charge is 0.331 e.